The molecule has 2 saturated heterocycles. The van der Waals surface area contributed by atoms with E-state index in [9.17, 15) is 9.59 Å². The van der Waals surface area contributed by atoms with Gasteiger partial charge in [0, 0.05) is 38.1 Å². The quantitative estimate of drug-likeness (QED) is 0.907. The SMILES string of the molecule is CN1CC2(CCN(C(=O)c3cnc(Nc4ccccc4)nc3)C2)OC1=O. The summed E-state index contributed by atoms with van der Waals surface area (Å²) in [7, 11) is 1.70. The average molecular weight is 353 g/mol. The summed E-state index contributed by atoms with van der Waals surface area (Å²) in [4.78, 5) is 36.0. The van der Waals surface area contributed by atoms with Crippen LogP contribution in [-0.4, -0.2) is 64.1 Å². The number of hydrogen-bond donors (Lipinski definition) is 1. The monoisotopic (exact) mass is 353 g/mol. The Morgan fingerprint density at radius 3 is 2.58 bits per heavy atom. The third-order valence-corrected chi connectivity index (χ3v) is 4.67. The van der Waals surface area contributed by atoms with Gasteiger partial charge in [-0.2, -0.15) is 0 Å². The molecule has 1 aromatic heterocycles. The van der Waals surface area contributed by atoms with Crippen LogP contribution in [0.4, 0.5) is 16.4 Å². The number of hydrogen-bond acceptors (Lipinski definition) is 6. The molecule has 4 rings (SSSR count). The van der Waals surface area contributed by atoms with E-state index >= 15 is 0 Å². The number of amides is 2. The number of nitrogens with one attached hydrogen (secondary N) is 1. The molecule has 0 saturated carbocycles. The number of carbonyl (C=O) groups excluding carboxylic acids is 2. The zero-order chi connectivity index (χ0) is 18.1. The maximum Gasteiger partial charge on any atom is 0.410 e. The minimum absolute atomic E-state index is 0.154. The van der Waals surface area contributed by atoms with Gasteiger partial charge in [-0.25, -0.2) is 14.8 Å². The van der Waals surface area contributed by atoms with E-state index in [-0.39, 0.29) is 12.0 Å². The highest BCUT2D eigenvalue weighted by atomic mass is 16.6. The molecular weight excluding hydrogens is 334 g/mol. The largest absolute Gasteiger partial charge is 0.439 e. The van der Waals surface area contributed by atoms with Gasteiger partial charge in [0.05, 0.1) is 18.7 Å². The zero-order valence-electron chi connectivity index (χ0n) is 14.4. The maximum absolute atomic E-state index is 12.7. The molecule has 2 amide bonds. The van der Waals surface area contributed by atoms with Crippen molar-refractivity contribution in [3.8, 4) is 0 Å². The number of carbonyl (C=O) groups is 2. The summed E-state index contributed by atoms with van der Waals surface area (Å²) in [6.45, 7) is 1.45. The number of ether oxygens (including phenoxy) is 1. The minimum Gasteiger partial charge on any atom is -0.439 e. The Kier molecular flexibility index (Phi) is 3.95. The molecule has 134 valence electrons. The van der Waals surface area contributed by atoms with Gasteiger partial charge in [-0.15, -0.1) is 0 Å². The summed E-state index contributed by atoms with van der Waals surface area (Å²) < 4.78 is 5.48. The van der Waals surface area contributed by atoms with Gasteiger partial charge in [-0.3, -0.25) is 4.79 Å². The molecule has 0 aliphatic carbocycles. The predicted octanol–water partition coefficient (Wildman–Crippen LogP) is 1.89. The van der Waals surface area contributed by atoms with Crippen molar-refractivity contribution in [1.29, 1.82) is 0 Å². The molecule has 2 aliphatic rings. The van der Waals surface area contributed by atoms with Crippen LogP contribution >= 0.6 is 0 Å². The Morgan fingerprint density at radius 2 is 1.92 bits per heavy atom. The predicted molar refractivity (Wildman–Crippen MR) is 94.1 cm³/mol. The molecule has 0 radical (unpaired) electrons. The zero-order valence-corrected chi connectivity index (χ0v) is 14.4. The van der Waals surface area contributed by atoms with Gasteiger partial charge in [-0.05, 0) is 12.1 Å². The van der Waals surface area contributed by atoms with E-state index in [1.54, 1.807) is 16.8 Å². The van der Waals surface area contributed by atoms with E-state index in [0.717, 1.165) is 5.69 Å². The van der Waals surface area contributed by atoms with Crippen molar-refractivity contribution in [3.63, 3.8) is 0 Å². The smallest absolute Gasteiger partial charge is 0.410 e. The molecule has 3 heterocycles. The molecule has 8 heteroatoms. The molecule has 2 fully saturated rings. The van der Waals surface area contributed by atoms with Crippen LogP contribution in [0.5, 0.6) is 0 Å². The molecule has 2 aliphatic heterocycles. The Labute approximate surface area is 150 Å². The van der Waals surface area contributed by atoms with E-state index in [1.165, 1.54) is 12.4 Å². The lowest BCUT2D eigenvalue weighted by Gasteiger charge is -2.21. The van der Waals surface area contributed by atoms with Crippen molar-refractivity contribution >= 4 is 23.6 Å². The normalized spacial score (nSPS) is 22.0. The fourth-order valence-electron chi connectivity index (χ4n) is 3.36. The second-order valence-electron chi connectivity index (χ2n) is 6.67. The third-order valence-electron chi connectivity index (χ3n) is 4.67. The number of aromatic nitrogens is 2. The van der Waals surface area contributed by atoms with Crippen LogP contribution in [0.2, 0.25) is 0 Å². The Balaban J connectivity index is 1.42. The molecule has 0 bridgehead atoms. The number of nitrogens with zero attached hydrogens (tertiary/aromatic N) is 4. The molecule has 1 atom stereocenters. The van der Waals surface area contributed by atoms with Gasteiger partial charge in [0.25, 0.3) is 5.91 Å². The van der Waals surface area contributed by atoms with Gasteiger partial charge in [-0.1, -0.05) is 18.2 Å². The minimum atomic E-state index is -0.586. The fraction of sp³-hybridized carbons (Fsp3) is 0.333. The van der Waals surface area contributed by atoms with Crippen LogP contribution in [0.3, 0.4) is 0 Å². The number of likely N-dealkylation sites (tertiary alicyclic amines) is 1. The lowest BCUT2D eigenvalue weighted by atomic mass is 10.0. The lowest BCUT2D eigenvalue weighted by molar-refractivity contribution is 0.0552. The first-order valence-corrected chi connectivity index (χ1v) is 8.42. The summed E-state index contributed by atoms with van der Waals surface area (Å²) in [5, 5.41) is 3.08. The van der Waals surface area contributed by atoms with Gasteiger partial charge < -0.3 is 19.9 Å². The molecular formula is C18H19N5O3. The van der Waals surface area contributed by atoms with Crippen LogP contribution < -0.4 is 5.32 Å². The van der Waals surface area contributed by atoms with Crippen molar-refractivity contribution in [2.24, 2.45) is 0 Å². The summed E-state index contributed by atoms with van der Waals surface area (Å²) >= 11 is 0. The first-order valence-electron chi connectivity index (χ1n) is 8.42. The summed E-state index contributed by atoms with van der Waals surface area (Å²) in [6.07, 6.45) is 3.33. The highest BCUT2D eigenvalue weighted by Crippen LogP contribution is 2.32. The van der Waals surface area contributed by atoms with E-state index in [4.69, 9.17) is 4.74 Å². The van der Waals surface area contributed by atoms with Gasteiger partial charge in [0.2, 0.25) is 5.95 Å². The van der Waals surface area contributed by atoms with Crippen molar-refractivity contribution in [3.05, 3.63) is 48.3 Å². The highest BCUT2D eigenvalue weighted by Gasteiger charge is 2.49. The standard InChI is InChI=1S/C18H19N5O3/c1-22-11-18(26-17(22)25)7-8-23(12-18)15(24)13-9-19-16(20-10-13)21-14-5-3-2-4-6-14/h2-6,9-10H,7-8,11-12H2,1H3,(H,19,20,21). The summed E-state index contributed by atoms with van der Waals surface area (Å²) in [5.41, 5.74) is 0.704. The van der Waals surface area contributed by atoms with E-state index < -0.39 is 5.60 Å². The van der Waals surface area contributed by atoms with Gasteiger partial charge in [0.1, 0.15) is 0 Å². The van der Waals surface area contributed by atoms with Crippen molar-refractivity contribution in [2.45, 2.75) is 12.0 Å². The maximum atomic E-state index is 12.7. The van der Waals surface area contributed by atoms with Crippen LogP contribution in [-0.2, 0) is 4.74 Å². The van der Waals surface area contributed by atoms with Crippen LogP contribution in [0.1, 0.15) is 16.8 Å². The Morgan fingerprint density at radius 1 is 1.19 bits per heavy atom. The number of anilines is 2. The molecule has 1 aromatic carbocycles. The van der Waals surface area contributed by atoms with Crippen LogP contribution in [0.15, 0.2) is 42.7 Å². The molecule has 26 heavy (non-hydrogen) atoms. The molecule has 8 nitrogen and oxygen atoms in total. The number of benzene rings is 1. The molecule has 2 aromatic rings. The van der Waals surface area contributed by atoms with Gasteiger partial charge in [0.15, 0.2) is 5.60 Å². The summed E-state index contributed by atoms with van der Waals surface area (Å²) in [5.74, 6) is 0.274. The van der Waals surface area contributed by atoms with E-state index in [1.807, 2.05) is 30.3 Å². The van der Waals surface area contributed by atoms with Crippen molar-refractivity contribution < 1.29 is 14.3 Å². The van der Waals surface area contributed by atoms with Crippen molar-refractivity contribution in [1.82, 2.24) is 19.8 Å². The lowest BCUT2D eigenvalue weighted by Crippen LogP contribution is -2.39. The second kappa shape index (κ2) is 6.29. The first-order chi connectivity index (χ1) is 12.5. The molecule has 1 unspecified atom stereocenters. The van der Waals surface area contributed by atoms with E-state index in [2.05, 4.69) is 15.3 Å². The highest BCUT2D eigenvalue weighted by molar-refractivity contribution is 5.94. The van der Waals surface area contributed by atoms with Crippen LogP contribution in [0, 0.1) is 0 Å². The Hall–Kier alpha value is -3.16. The second-order valence-corrected chi connectivity index (χ2v) is 6.67. The topological polar surface area (TPSA) is 87.7 Å². The van der Waals surface area contributed by atoms with Crippen molar-refractivity contribution in [2.75, 3.05) is 32.0 Å². The number of rotatable bonds is 3. The molecule has 1 N–H and O–H groups in total. The molecule has 1 spiro atoms. The summed E-state index contributed by atoms with van der Waals surface area (Å²) in [6, 6.07) is 9.57. The number of likely N-dealkylation sites (N-methyl/N-ethyl adjacent to an activating group) is 1. The first kappa shape index (κ1) is 16.3. The fourth-order valence-corrected chi connectivity index (χ4v) is 3.36. The van der Waals surface area contributed by atoms with Crippen LogP contribution in [0.25, 0.3) is 0 Å². The third kappa shape index (κ3) is 3.05. The van der Waals surface area contributed by atoms with E-state index in [0.29, 0.717) is 37.6 Å². The number of para-hydroxylation sites is 1. The average Bonchev–Trinajstić information content (AvgIpc) is 3.18. The van der Waals surface area contributed by atoms with Gasteiger partial charge >= 0.3 is 6.09 Å². The Bertz CT molecular complexity index is 826.